The Bertz CT molecular complexity index is 347. The van der Waals surface area contributed by atoms with Gasteiger partial charge in [0.05, 0.1) is 19.3 Å². The Hall–Kier alpha value is -0.900. The lowest BCUT2D eigenvalue weighted by Crippen LogP contribution is -2.45. The Balaban J connectivity index is 1.68. The third kappa shape index (κ3) is 2.51. The smallest absolute Gasteiger partial charge is 0.173 e. The zero-order valence-corrected chi connectivity index (χ0v) is 10.0. The summed E-state index contributed by atoms with van der Waals surface area (Å²) in [6, 6.07) is 8.71. The summed E-state index contributed by atoms with van der Waals surface area (Å²) in [7, 11) is 0. The van der Waals surface area contributed by atoms with Crippen LogP contribution < -0.4 is 5.32 Å². The molecule has 1 fully saturated rings. The van der Waals surface area contributed by atoms with Crippen LogP contribution in [0.3, 0.4) is 0 Å². The van der Waals surface area contributed by atoms with E-state index in [1.165, 1.54) is 24.0 Å². The number of rotatable bonds is 1. The number of ether oxygens (including phenoxy) is 2. The van der Waals surface area contributed by atoms with Crippen molar-refractivity contribution in [2.75, 3.05) is 6.54 Å². The first-order valence-corrected chi connectivity index (χ1v) is 6.47. The van der Waals surface area contributed by atoms with Gasteiger partial charge in [-0.3, -0.25) is 0 Å². The van der Waals surface area contributed by atoms with Crippen LogP contribution in [0.1, 0.15) is 30.4 Å². The lowest BCUT2D eigenvalue weighted by atomic mass is 10.0. The second kappa shape index (κ2) is 5.17. The van der Waals surface area contributed by atoms with Crippen LogP contribution in [0.5, 0.6) is 0 Å². The molecule has 3 heteroatoms. The summed E-state index contributed by atoms with van der Waals surface area (Å²) >= 11 is 0. The Morgan fingerprint density at radius 3 is 2.29 bits per heavy atom. The monoisotopic (exact) mass is 233 g/mol. The van der Waals surface area contributed by atoms with Crippen LogP contribution in [0.25, 0.3) is 0 Å². The molecule has 0 amide bonds. The third-order valence-electron chi connectivity index (χ3n) is 3.60. The predicted octanol–water partition coefficient (Wildman–Crippen LogP) is 2.20. The van der Waals surface area contributed by atoms with Gasteiger partial charge in [0.2, 0.25) is 0 Å². The number of fused-ring (bicyclic) bond motifs is 1. The van der Waals surface area contributed by atoms with E-state index in [0.29, 0.717) is 19.3 Å². The van der Waals surface area contributed by atoms with Crippen molar-refractivity contribution in [1.82, 2.24) is 5.32 Å². The molecule has 3 rings (SSSR count). The van der Waals surface area contributed by atoms with Gasteiger partial charge in [-0.05, 0) is 30.5 Å². The SMILES string of the molecule is c1ccc2c(c1)COC(C1CCCCN1)OC2. The number of nitrogens with one attached hydrogen (secondary N) is 1. The molecular weight excluding hydrogens is 214 g/mol. The van der Waals surface area contributed by atoms with Crippen LogP contribution in [0.15, 0.2) is 24.3 Å². The molecule has 2 heterocycles. The molecule has 2 aliphatic rings. The van der Waals surface area contributed by atoms with Crippen molar-refractivity contribution in [2.24, 2.45) is 0 Å². The van der Waals surface area contributed by atoms with Crippen molar-refractivity contribution in [2.45, 2.75) is 44.8 Å². The van der Waals surface area contributed by atoms with Crippen molar-refractivity contribution >= 4 is 0 Å². The molecule has 0 aliphatic carbocycles. The highest BCUT2D eigenvalue weighted by molar-refractivity contribution is 5.26. The van der Waals surface area contributed by atoms with E-state index in [2.05, 4.69) is 29.6 Å². The van der Waals surface area contributed by atoms with Gasteiger partial charge in [0.1, 0.15) is 0 Å². The molecule has 1 aromatic carbocycles. The van der Waals surface area contributed by atoms with Crippen LogP contribution >= 0.6 is 0 Å². The van der Waals surface area contributed by atoms with E-state index in [-0.39, 0.29) is 6.29 Å². The predicted molar refractivity (Wildman–Crippen MR) is 65.4 cm³/mol. The van der Waals surface area contributed by atoms with Crippen molar-refractivity contribution < 1.29 is 9.47 Å². The highest BCUT2D eigenvalue weighted by Crippen LogP contribution is 2.22. The van der Waals surface area contributed by atoms with Gasteiger partial charge in [0.25, 0.3) is 0 Å². The Morgan fingerprint density at radius 2 is 1.71 bits per heavy atom. The minimum absolute atomic E-state index is 0.0947. The van der Waals surface area contributed by atoms with E-state index in [1.54, 1.807) is 0 Å². The maximum absolute atomic E-state index is 5.88. The van der Waals surface area contributed by atoms with Crippen molar-refractivity contribution in [3.8, 4) is 0 Å². The Morgan fingerprint density at radius 1 is 1.00 bits per heavy atom. The third-order valence-corrected chi connectivity index (χ3v) is 3.60. The second-order valence-corrected chi connectivity index (χ2v) is 4.82. The van der Waals surface area contributed by atoms with Crippen LogP contribution in [-0.2, 0) is 22.7 Å². The Kier molecular flexibility index (Phi) is 3.41. The van der Waals surface area contributed by atoms with Crippen molar-refractivity contribution in [3.05, 3.63) is 35.4 Å². The minimum Gasteiger partial charge on any atom is -0.346 e. The topological polar surface area (TPSA) is 30.5 Å². The maximum Gasteiger partial charge on any atom is 0.173 e. The van der Waals surface area contributed by atoms with Gasteiger partial charge in [-0.2, -0.15) is 0 Å². The van der Waals surface area contributed by atoms with Gasteiger partial charge >= 0.3 is 0 Å². The first-order chi connectivity index (χ1) is 8.43. The number of piperidine rings is 1. The van der Waals surface area contributed by atoms with Crippen LogP contribution in [-0.4, -0.2) is 18.9 Å². The summed E-state index contributed by atoms with van der Waals surface area (Å²) in [6.45, 7) is 2.42. The summed E-state index contributed by atoms with van der Waals surface area (Å²) < 4.78 is 11.8. The van der Waals surface area contributed by atoms with E-state index in [0.717, 1.165) is 13.0 Å². The van der Waals surface area contributed by atoms with Gasteiger partial charge in [-0.15, -0.1) is 0 Å². The molecule has 92 valence electrons. The lowest BCUT2D eigenvalue weighted by molar-refractivity contribution is -0.168. The van der Waals surface area contributed by atoms with Gasteiger partial charge in [-0.1, -0.05) is 30.7 Å². The van der Waals surface area contributed by atoms with Crippen LogP contribution in [0.2, 0.25) is 0 Å². The molecule has 1 saturated heterocycles. The first kappa shape index (κ1) is 11.2. The fraction of sp³-hybridized carbons (Fsp3) is 0.571. The fourth-order valence-corrected chi connectivity index (χ4v) is 2.57. The zero-order valence-electron chi connectivity index (χ0n) is 10.0. The minimum atomic E-state index is -0.0947. The molecule has 0 radical (unpaired) electrons. The van der Waals surface area contributed by atoms with E-state index in [4.69, 9.17) is 9.47 Å². The van der Waals surface area contributed by atoms with Gasteiger partial charge in [-0.25, -0.2) is 0 Å². The molecule has 0 aromatic heterocycles. The fourth-order valence-electron chi connectivity index (χ4n) is 2.57. The molecular formula is C14H19NO2. The van der Waals surface area contributed by atoms with Crippen LogP contribution in [0, 0.1) is 0 Å². The maximum atomic E-state index is 5.88. The summed E-state index contributed by atoms with van der Waals surface area (Å²) in [5, 5.41) is 3.49. The lowest BCUT2D eigenvalue weighted by Gasteiger charge is -2.29. The summed E-state index contributed by atoms with van der Waals surface area (Å²) in [4.78, 5) is 0. The highest BCUT2D eigenvalue weighted by atomic mass is 16.7. The Labute approximate surface area is 102 Å². The standard InChI is InChI=1S/C14H19NO2/c1-2-6-12-10-17-14(16-9-11(12)5-1)13-7-3-4-8-15-13/h1-2,5-6,13-15H,3-4,7-10H2. The zero-order chi connectivity index (χ0) is 11.5. The summed E-state index contributed by atoms with van der Waals surface area (Å²) in [5.74, 6) is 0. The number of benzene rings is 1. The highest BCUT2D eigenvalue weighted by Gasteiger charge is 2.26. The van der Waals surface area contributed by atoms with Gasteiger partial charge < -0.3 is 14.8 Å². The molecule has 2 aliphatic heterocycles. The second-order valence-electron chi connectivity index (χ2n) is 4.82. The van der Waals surface area contributed by atoms with Gasteiger partial charge in [0, 0.05) is 0 Å². The number of hydrogen-bond acceptors (Lipinski definition) is 3. The normalized spacial score (nSPS) is 26.2. The molecule has 1 atom stereocenters. The summed E-state index contributed by atoms with van der Waals surface area (Å²) in [6.07, 6.45) is 3.60. The molecule has 0 spiro atoms. The molecule has 3 nitrogen and oxygen atoms in total. The molecule has 0 bridgehead atoms. The largest absolute Gasteiger partial charge is 0.346 e. The molecule has 0 saturated carbocycles. The van der Waals surface area contributed by atoms with Crippen molar-refractivity contribution in [1.29, 1.82) is 0 Å². The van der Waals surface area contributed by atoms with Gasteiger partial charge in [0.15, 0.2) is 6.29 Å². The molecule has 17 heavy (non-hydrogen) atoms. The van der Waals surface area contributed by atoms with Crippen LogP contribution in [0.4, 0.5) is 0 Å². The molecule has 1 N–H and O–H groups in total. The molecule has 1 aromatic rings. The average molecular weight is 233 g/mol. The first-order valence-electron chi connectivity index (χ1n) is 6.47. The van der Waals surface area contributed by atoms with Crippen molar-refractivity contribution in [3.63, 3.8) is 0 Å². The van der Waals surface area contributed by atoms with E-state index in [1.807, 2.05) is 0 Å². The van der Waals surface area contributed by atoms with E-state index in [9.17, 15) is 0 Å². The average Bonchev–Trinajstić information content (AvgIpc) is 2.62. The van der Waals surface area contributed by atoms with E-state index >= 15 is 0 Å². The quantitative estimate of drug-likeness (QED) is 0.806. The number of hydrogen-bond donors (Lipinski definition) is 1. The summed E-state index contributed by atoms with van der Waals surface area (Å²) in [5.41, 5.74) is 2.51. The van der Waals surface area contributed by atoms with E-state index < -0.39 is 0 Å². The molecule has 1 unspecified atom stereocenters.